The van der Waals surface area contributed by atoms with Crippen molar-refractivity contribution in [1.82, 2.24) is 19.9 Å². The first-order valence-corrected chi connectivity index (χ1v) is 11.2. The van der Waals surface area contributed by atoms with Crippen LogP contribution in [-0.4, -0.2) is 27.6 Å². The average molecular weight is 440 g/mol. The Morgan fingerprint density at radius 2 is 1.67 bits per heavy atom. The SMILES string of the molecule is Fc1ccc(-c2nc3c(-c4ccc5ccccc5c4)ccnc3n2C2CCNCC2)c(F)c1. The monoisotopic (exact) mass is 440 g/mol. The first kappa shape index (κ1) is 20.0. The van der Waals surface area contributed by atoms with E-state index in [1.165, 1.54) is 17.5 Å². The third-order valence-corrected chi connectivity index (χ3v) is 6.49. The Bertz CT molecular complexity index is 1480. The minimum atomic E-state index is -0.618. The molecule has 1 saturated heterocycles. The molecule has 1 aliphatic rings. The molecule has 0 radical (unpaired) electrons. The van der Waals surface area contributed by atoms with Gasteiger partial charge in [-0.1, -0.05) is 36.4 Å². The Morgan fingerprint density at radius 1 is 0.848 bits per heavy atom. The summed E-state index contributed by atoms with van der Waals surface area (Å²) in [6, 6.07) is 20.3. The quantitative estimate of drug-likeness (QED) is 0.367. The number of hydrogen-bond acceptors (Lipinski definition) is 3. The summed E-state index contributed by atoms with van der Waals surface area (Å²) < 4.78 is 30.6. The fourth-order valence-corrected chi connectivity index (χ4v) is 4.85. The number of piperidine rings is 1. The molecule has 4 nitrogen and oxygen atoms in total. The van der Waals surface area contributed by atoms with Crippen molar-refractivity contribution in [2.45, 2.75) is 18.9 Å². The van der Waals surface area contributed by atoms with Gasteiger partial charge in [0.1, 0.15) is 23.0 Å². The van der Waals surface area contributed by atoms with Crippen LogP contribution in [0.15, 0.2) is 72.9 Å². The highest BCUT2D eigenvalue weighted by Gasteiger charge is 2.26. The van der Waals surface area contributed by atoms with Crippen molar-refractivity contribution < 1.29 is 8.78 Å². The number of nitrogens with one attached hydrogen (secondary N) is 1. The van der Waals surface area contributed by atoms with Gasteiger partial charge in [0.25, 0.3) is 0 Å². The van der Waals surface area contributed by atoms with E-state index in [1.54, 1.807) is 6.20 Å². The molecule has 2 aromatic heterocycles. The molecule has 5 aromatic rings. The summed E-state index contributed by atoms with van der Waals surface area (Å²) in [5, 5.41) is 5.69. The molecule has 1 N–H and O–H groups in total. The number of nitrogens with zero attached hydrogens (tertiary/aromatic N) is 3. The number of halogens is 2. The molecule has 6 heteroatoms. The molecule has 0 spiro atoms. The standard InChI is InChI=1S/C27H22F2N4/c28-20-7-8-23(24(29)16-20)26-32-25-22(19-6-5-17-3-1-2-4-18(17)15-19)11-14-31-27(25)33(26)21-9-12-30-13-10-21/h1-8,11,14-16,21,30H,9-10,12-13H2. The van der Waals surface area contributed by atoms with Gasteiger partial charge in [-0.15, -0.1) is 0 Å². The molecule has 0 amide bonds. The number of benzene rings is 3. The number of fused-ring (bicyclic) bond motifs is 2. The lowest BCUT2D eigenvalue weighted by Gasteiger charge is -2.26. The largest absolute Gasteiger partial charge is 0.317 e. The molecule has 0 unspecified atom stereocenters. The van der Waals surface area contributed by atoms with Gasteiger partial charge in [-0.25, -0.2) is 18.7 Å². The molecular formula is C27H22F2N4. The van der Waals surface area contributed by atoms with Crippen molar-refractivity contribution in [2.75, 3.05) is 13.1 Å². The van der Waals surface area contributed by atoms with E-state index in [4.69, 9.17) is 4.98 Å². The van der Waals surface area contributed by atoms with Crippen LogP contribution in [0.5, 0.6) is 0 Å². The summed E-state index contributed by atoms with van der Waals surface area (Å²) in [7, 11) is 0. The fourth-order valence-electron chi connectivity index (χ4n) is 4.85. The highest BCUT2D eigenvalue weighted by molar-refractivity contribution is 5.95. The molecule has 3 heterocycles. The number of hydrogen-bond donors (Lipinski definition) is 1. The lowest BCUT2D eigenvalue weighted by molar-refractivity contribution is 0.376. The van der Waals surface area contributed by atoms with Crippen LogP contribution in [0.3, 0.4) is 0 Å². The van der Waals surface area contributed by atoms with Gasteiger partial charge in [-0.05, 0) is 66.5 Å². The lowest BCUT2D eigenvalue weighted by Crippen LogP contribution is -2.29. The Balaban J connectivity index is 1.61. The van der Waals surface area contributed by atoms with Gasteiger partial charge in [0.2, 0.25) is 0 Å². The summed E-state index contributed by atoms with van der Waals surface area (Å²) in [6.45, 7) is 1.75. The predicted octanol–water partition coefficient (Wildman–Crippen LogP) is 6.12. The summed E-state index contributed by atoms with van der Waals surface area (Å²) in [5.41, 5.74) is 3.72. The average Bonchev–Trinajstić information content (AvgIpc) is 3.23. The van der Waals surface area contributed by atoms with Crippen molar-refractivity contribution in [2.24, 2.45) is 0 Å². The summed E-state index contributed by atoms with van der Waals surface area (Å²) >= 11 is 0. The topological polar surface area (TPSA) is 42.7 Å². The second kappa shape index (κ2) is 8.05. The summed E-state index contributed by atoms with van der Waals surface area (Å²) in [4.78, 5) is 9.60. The normalized spacial score (nSPS) is 14.8. The Kier molecular flexibility index (Phi) is 4.88. The molecular weight excluding hydrogens is 418 g/mol. The molecule has 1 fully saturated rings. The first-order valence-electron chi connectivity index (χ1n) is 11.2. The zero-order valence-electron chi connectivity index (χ0n) is 17.9. The van der Waals surface area contributed by atoms with Gasteiger partial charge in [-0.2, -0.15) is 0 Å². The zero-order chi connectivity index (χ0) is 22.4. The van der Waals surface area contributed by atoms with E-state index in [0.717, 1.165) is 59.7 Å². The number of aromatic nitrogens is 3. The minimum absolute atomic E-state index is 0.134. The fraction of sp³-hybridized carbons (Fsp3) is 0.185. The maximum atomic E-state index is 14.9. The van der Waals surface area contributed by atoms with Crippen LogP contribution >= 0.6 is 0 Å². The summed E-state index contributed by atoms with van der Waals surface area (Å²) in [5.74, 6) is -0.723. The zero-order valence-corrected chi connectivity index (χ0v) is 17.9. The Morgan fingerprint density at radius 3 is 2.48 bits per heavy atom. The molecule has 0 saturated carbocycles. The van der Waals surface area contributed by atoms with Crippen LogP contribution in [0, 0.1) is 11.6 Å². The lowest BCUT2D eigenvalue weighted by atomic mass is 10.0. The Hall–Kier alpha value is -3.64. The van der Waals surface area contributed by atoms with E-state index < -0.39 is 11.6 Å². The van der Waals surface area contributed by atoms with Crippen molar-refractivity contribution in [1.29, 1.82) is 0 Å². The van der Waals surface area contributed by atoms with Gasteiger partial charge in [0.15, 0.2) is 5.65 Å². The third kappa shape index (κ3) is 3.47. The molecule has 6 rings (SSSR count). The van der Waals surface area contributed by atoms with Gasteiger partial charge in [-0.3, -0.25) is 0 Å². The van der Waals surface area contributed by atoms with Crippen molar-refractivity contribution in [3.8, 4) is 22.5 Å². The molecule has 0 aliphatic carbocycles. The van der Waals surface area contributed by atoms with Gasteiger partial charge >= 0.3 is 0 Å². The predicted molar refractivity (Wildman–Crippen MR) is 127 cm³/mol. The number of pyridine rings is 1. The number of imidazole rings is 1. The van der Waals surface area contributed by atoms with Crippen LogP contribution in [0.25, 0.3) is 44.5 Å². The molecule has 3 aromatic carbocycles. The highest BCUT2D eigenvalue weighted by atomic mass is 19.1. The molecule has 0 bridgehead atoms. The van der Waals surface area contributed by atoms with Crippen molar-refractivity contribution in [3.63, 3.8) is 0 Å². The number of rotatable bonds is 3. The van der Waals surface area contributed by atoms with Crippen LogP contribution in [0.1, 0.15) is 18.9 Å². The van der Waals surface area contributed by atoms with Gasteiger partial charge in [0, 0.05) is 23.9 Å². The molecule has 0 atom stereocenters. The van der Waals surface area contributed by atoms with Crippen molar-refractivity contribution in [3.05, 3.63) is 84.6 Å². The van der Waals surface area contributed by atoms with E-state index in [-0.39, 0.29) is 11.6 Å². The maximum absolute atomic E-state index is 14.9. The molecule has 164 valence electrons. The van der Waals surface area contributed by atoms with Crippen LogP contribution in [0.2, 0.25) is 0 Å². The van der Waals surface area contributed by atoms with Crippen molar-refractivity contribution >= 4 is 21.9 Å². The smallest absolute Gasteiger partial charge is 0.161 e. The van der Waals surface area contributed by atoms with E-state index >= 15 is 0 Å². The van der Waals surface area contributed by atoms with E-state index in [9.17, 15) is 8.78 Å². The first-order chi connectivity index (χ1) is 16.2. The molecule has 1 aliphatic heterocycles. The van der Waals surface area contributed by atoms with Gasteiger partial charge in [0.05, 0.1) is 5.56 Å². The third-order valence-electron chi connectivity index (χ3n) is 6.49. The molecule has 33 heavy (non-hydrogen) atoms. The van der Waals surface area contributed by atoms with Gasteiger partial charge < -0.3 is 9.88 Å². The van der Waals surface area contributed by atoms with E-state index in [1.807, 2.05) is 18.2 Å². The van der Waals surface area contributed by atoms with E-state index in [2.05, 4.69) is 45.2 Å². The minimum Gasteiger partial charge on any atom is -0.317 e. The maximum Gasteiger partial charge on any atom is 0.161 e. The summed E-state index contributed by atoms with van der Waals surface area (Å²) in [6.07, 6.45) is 3.57. The van der Waals surface area contributed by atoms with Crippen LogP contribution in [0.4, 0.5) is 8.78 Å². The van der Waals surface area contributed by atoms with Crippen LogP contribution < -0.4 is 5.32 Å². The Labute approximate surface area is 189 Å². The second-order valence-corrected chi connectivity index (χ2v) is 8.50. The van der Waals surface area contributed by atoms with Crippen LogP contribution in [-0.2, 0) is 0 Å². The van der Waals surface area contributed by atoms with E-state index in [0.29, 0.717) is 5.82 Å². The highest BCUT2D eigenvalue weighted by Crippen LogP contribution is 2.36. The second-order valence-electron chi connectivity index (χ2n) is 8.50.